The number of nitrogens with one attached hydrogen (secondary N) is 2. The van der Waals surface area contributed by atoms with Crippen molar-refractivity contribution in [2.24, 2.45) is 0 Å². The largest absolute Gasteiger partial charge is 0.493 e. The van der Waals surface area contributed by atoms with Crippen LogP contribution in [0.4, 0.5) is 4.79 Å². The Morgan fingerprint density at radius 2 is 1.70 bits per heavy atom. The molecule has 2 aromatic rings. The highest BCUT2D eigenvalue weighted by Crippen LogP contribution is 2.25. The molecule has 5 heteroatoms. The van der Waals surface area contributed by atoms with Gasteiger partial charge in [0.2, 0.25) is 0 Å². The van der Waals surface area contributed by atoms with Crippen LogP contribution in [0.25, 0.3) is 0 Å². The average Bonchev–Trinajstić information content (AvgIpc) is 2.57. The van der Waals surface area contributed by atoms with Crippen molar-refractivity contribution in [2.45, 2.75) is 13.3 Å². The van der Waals surface area contributed by atoms with Crippen LogP contribution in [0.3, 0.4) is 0 Å². The minimum absolute atomic E-state index is 0.0801. The molecule has 0 aliphatic heterocycles. The molecule has 0 unspecified atom stereocenters. The highest BCUT2D eigenvalue weighted by Gasteiger charge is 2.04. The number of hydrogen-bond acceptors (Lipinski definition) is 3. The number of urea groups is 1. The second-order valence-corrected chi connectivity index (χ2v) is 5.11. The molecular weight excluding hydrogens is 292 g/mol. The number of rotatable bonds is 7. The Morgan fingerprint density at radius 1 is 1.00 bits per heavy atom. The molecule has 2 rings (SSSR count). The molecule has 5 nitrogen and oxygen atoms in total. The quantitative estimate of drug-likeness (QED) is 0.773. The van der Waals surface area contributed by atoms with Crippen molar-refractivity contribution < 1.29 is 14.3 Å². The lowest BCUT2D eigenvalue weighted by Gasteiger charge is -2.11. The molecule has 2 aromatic carbocycles. The number of ether oxygens (including phenoxy) is 2. The van der Waals surface area contributed by atoms with Gasteiger partial charge in [-0.2, -0.15) is 0 Å². The van der Waals surface area contributed by atoms with Gasteiger partial charge in [-0.15, -0.1) is 0 Å². The molecule has 0 atom stereocenters. The van der Waals surface area contributed by atoms with E-state index in [0.29, 0.717) is 18.0 Å². The first-order valence-electron chi connectivity index (χ1n) is 7.52. The van der Waals surface area contributed by atoms with Crippen LogP contribution in [0.2, 0.25) is 0 Å². The summed E-state index contributed by atoms with van der Waals surface area (Å²) in [5, 5.41) is 5.45. The summed E-state index contributed by atoms with van der Waals surface area (Å²) in [5.41, 5.74) is 2.43. The molecule has 0 spiro atoms. The lowest BCUT2D eigenvalue weighted by Crippen LogP contribution is -2.38. The summed E-state index contributed by atoms with van der Waals surface area (Å²) in [6.07, 6.45) is 0.793. The Balaban J connectivity index is 1.66. The Kier molecular flexibility index (Phi) is 6.29. The number of aryl methyl sites for hydroxylation is 1. The van der Waals surface area contributed by atoms with E-state index >= 15 is 0 Å². The molecule has 0 radical (unpaired) electrons. The van der Waals surface area contributed by atoms with Crippen LogP contribution < -0.4 is 20.1 Å². The van der Waals surface area contributed by atoms with Gasteiger partial charge in [0, 0.05) is 6.54 Å². The lowest BCUT2D eigenvalue weighted by atomic mass is 10.1. The van der Waals surface area contributed by atoms with Crippen molar-refractivity contribution in [1.29, 1.82) is 0 Å². The highest BCUT2D eigenvalue weighted by molar-refractivity contribution is 5.73. The number of carbonyl (C=O) groups is 1. The van der Waals surface area contributed by atoms with Crippen molar-refractivity contribution in [3.05, 3.63) is 59.7 Å². The monoisotopic (exact) mass is 314 g/mol. The van der Waals surface area contributed by atoms with E-state index in [0.717, 1.165) is 6.42 Å². The topological polar surface area (TPSA) is 59.6 Å². The molecule has 0 aliphatic rings. The molecule has 0 fully saturated rings. The molecular formula is C18H22N2O3. The predicted molar refractivity (Wildman–Crippen MR) is 89.9 cm³/mol. The third-order valence-electron chi connectivity index (χ3n) is 3.35. The Bertz CT molecular complexity index is 626. The van der Waals surface area contributed by atoms with Gasteiger partial charge in [-0.25, -0.2) is 4.79 Å². The molecule has 0 saturated carbocycles. The fourth-order valence-electron chi connectivity index (χ4n) is 2.06. The summed E-state index contributed by atoms with van der Waals surface area (Å²) >= 11 is 0. The van der Waals surface area contributed by atoms with Crippen LogP contribution >= 0.6 is 0 Å². The van der Waals surface area contributed by atoms with Crippen LogP contribution in [0.5, 0.6) is 11.5 Å². The Morgan fingerprint density at radius 3 is 2.39 bits per heavy atom. The van der Waals surface area contributed by atoms with Gasteiger partial charge in [0.1, 0.15) is 0 Å². The first-order chi connectivity index (χ1) is 11.2. The maximum atomic E-state index is 11.7. The summed E-state index contributed by atoms with van der Waals surface area (Å²) in [4.78, 5) is 11.7. The molecule has 0 saturated heterocycles. The Labute approximate surface area is 136 Å². The molecule has 0 heterocycles. The van der Waals surface area contributed by atoms with Crippen molar-refractivity contribution in [2.75, 3.05) is 20.4 Å². The standard InChI is InChI=1S/C18H22N2O3/c1-14-7-9-15(10-8-14)11-12-19-18(21)20-13-23-17-6-4-3-5-16(17)22-2/h3-10H,11-13H2,1-2H3,(H2,19,20,21). The molecule has 23 heavy (non-hydrogen) atoms. The van der Waals surface area contributed by atoms with E-state index in [1.807, 2.05) is 12.1 Å². The number of amides is 2. The maximum Gasteiger partial charge on any atom is 0.317 e. The summed E-state index contributed by atoms with van der Waals surface area (Å²) in [5.74, 6) is 1.23. The third-order valence-corrected chi connectivity index (χ3v) is 3.35. The first-order valence-corrected chi connectivity index (χ1v) is 7.52. The molecule has 2 N–H and O–H groups in total. The van der Waals surface area contributed by atoms with Crippen LogP contribution in [0.15, 0.2) is 48.5 Å². The second-order valence-electron chi connectivity index (χ2n) is 5.11. The van der Waals surface area contributed by atoms with Crippen LogP contribution in [0, 0.1) is 6.92 Å². The number of benzene rings is 2. The SMILES string of the molecule is COc1ccccc1OCNC(=O)NCCc1ccc(C)cc1. The maximum absolute atomic E-state index is 11.7. The van der Waals surface area contributed by atoms with E-state index in [2.05, 4.69) is 41.8 Å². The average molecular weight is 314 g/mol. The van der Waals surface area contributed by atoms with E-state index in [-0.39, 0.29) is 12.8 Å². The minimum Gasteiger partial charge on any atom is -0.493 e. The van der Waals surface area contributed by atoms with E-state index in [4.69, 9.17) is 9.47 Å². The van der Waals surface area contributed by atoms with E-state index in [1.54, 1.807) is 19.2 Å². The van der Waals surface area contributed by atoms with Gasteiger partial charge < -0.3 is 20.1 Å². The van der Waals surface area contributed by atoms with Gasteiger partial charge in [-0.1, -0.05) is 42.0 Å². The summed E-state index contributed by atoms with van der Waals surface area (Å²) < 4.78 is 10.7. The zero-order valence-corrected chi connectivity index (χ0v) is 13.5. The smallest absolute Gasteiger partial charge is 0.317 e. The Hall–Kier alpha value is -2.69. The highest BCUT2D eigenvalue weighted by atomic mass is 16.5. The van der Waals surface area contributed by atoms with Crippen LogP contribution in [-0.2, 0) is 6.42 Å². The number of methoxy groups -OCH3 is 1. The van der Waals surface area contributed by atoms with Gasteiger partial charge in [-0.05, 0) is 31.0 Å². The van der Waals surface area contributed by atoms with Crippen molar-refractivity contribution in [3.63, 3.8) is 0 Å². The zero-order chi connectivity index (χ0) is 16.5. The molecule has 0 aromatic heterocycles. The lowest BCUT2D eigenvalue weighted by molar-refractivity contribution is 0.221. The second kappa shape index (κ2) is 8.68. The van der Waals surface area contributed by atoms with E-state index < -0.39 is 0 Å². The van der Waals surface area contributed by atoms with Gasteiger partial charge in [0.15, 0.2) is 18.2 Å². The van der Waals surface area contributed by atoms with Crippen molar-refractivity contribution in [3.8, 4) is 11.5 Å². The first kappa shape index (κ1) is 16.7. The molecule has 0 aliphatic carbocycles. The van der Waals surface area contributed by atoms with Crippen molar-refractivity contribution in [1.82, 2.24) is 10.6 Å². The normalized spacial score (nSPS) is 10.0. The van der Waals surface area contributed by atoms with Gasteiger partial charge in [0.25, 0.3) is 0 Å². The predicted octanol–water partition coefficient (Wildman–Crippen LogP) is 2.88. The van der Waals surface area contributed by atoms with Gasteiger partial charge in [0.05, 0.1) is 7.11 Å². The fraction of sp³-hybridized carbons (Fsp3) is 0.278. The fourth-order valence-corrected chi connectivity index (χ4v) is 2.06. The van der Waals surface area contributed by atoms with Gasteiger partial charge >= 0.3 is 6.03 Å². The number of para-hydroxylation sites is 2. The molecule has 2 amide bonds. The third kappa shape index (κ3) is 5.54. The molecule has 0 bridgehead atoms. The summed E-state index contributed by atoms with van der Waals surface area (Å²) in [6, 6.07) is 15.3. The molecule has 122 valence electrons. The van der Waals surface area contributed by atoms with Crippen molar-refractivity contribution >= 4 is 6.03 Å². The number of hydrogen-bond donors (Lipinski definition) is 2. The van der Waals surface area contributed by atoms with Crippen LogP contribution in [-0.4, -0.2) is 26.4 Å². The zero-order valence-electron chi connectivity index (χ0n) is 13.5. The van der Waals surface area contributed by atoms with Crippen LogP contribution in [0.1, 0.15) is 11.1 Å². The summed E-state index contributed by atoms with van der Waals surface area (Å²) in [6.45, 7) is 2.71. The van der Waals surface area contributed by atoms with E-state index in [9.17, 15) is 4.79 Å². The minimum atomic E-state index is -0.257. The summed E-state index contributed by atoms with van der Waals surface area (Å²) in [7, 11) is 1.58. The van der Waals surface area contributed by atoms with E-state index in [1.165, 1.54) is 11.1 Å². The number of carbonyl (C=O) groups excluding carboxylic acids is 1. The van der Waals surface area contributed by atoms with Gasteiger partial charge in [-0.3, -0.25) is 0 Å².